The highest BCUT2D eigenvalue weighted by Gasteiger charge is 2.28. The molecule has 2 rings (SSSR count). The molecule has 1 aliphatic carbocycles. The lowest BCUT2D eigenvalue weighted by Crippen LogP contribution is -2.19. The first-order valence-corrected chi connectivity index (χ1v) is 7.59. The molecule has 0 aliphatic heterocycles. The van der Waals surface area contributed by atoms with Gasteiger partial charge in [-0.25, -0.2) is 0 Å². The molecule has 1 saturated carbocycles. The molecule has 0 bridgehead atoms. The second kappa shape index (κ2) is 6.38. The van der Waals surface area contributed by atoms with Crippen LogP contribution in [0.1, 0.15) is 63.1 Å². The van der Waals surface area contributed by atoms with Crippen molar-refractivity contribution in [2.24, 2.45) is 17.6 Å². The van der Waals surface area contributed by atoms with Crippen LogP contribution in [-0.2, 0) is 6.42 Å². The smallest absolute Gasteiger partial charge is 0.0323 e. The van der Waals surface area contributed by atoms with Gasteiger partial charge in [-0.3, -0.25) is 0 Å². The van der Waals surface area contributed by atoms with Crippen molar-refractivity contribution in [2.75, 3.05) is 0 Å². The zero-order chi connectivity index (χ0) is 13.0. The van der Waals surface area contributed by atoms with E-state index in [0.717, 1.165) is 5.92 Å². The van der Waals surface area contributed by atoms with Crippen LogP contribution in [-0.4, -0.2) is 0 Å². The van der Waals surface area contributed by atoms with E-state index in [1.165, 1.54) is 49.7 Å². The summed E-state index contributed by atoms with van der Waals surface area (Å²) in [4.78, 5) is 0. The minimum Gasteiger partial charge on any atom is -0.324 e. The van der Waals surface area contributed by atoms with Gasteiger partial charge in [0, 0.05) is 6.04 Å². The van der Waals surface area contributed by atoms with Crippen LogP contribution in [0, 0.1) is 11.8 Å². The maximum atomic E-state index is 6.44. The summed E-state index contributed by atoms with van der Waals surface area (Å²) in [5.41, 5.74) is 9.21. The number of rotatable bonds is 5. The average molecular weight is 245 g/mol. The van der Waals surface area contributed by atoms with Crippen LogP contribution in [0.3, 0.4) is 0 Å². The van der Waals surface area contributed by atoms with E-state index in [2.05, 4.69) is 38.1 Å². The second-order valence-electron chi connectivity index (χ2n) is 5.86. The largest absolute Gasteiger partial charge is 0.324 e. The Morgan fingerprint density at radius 2 is 1.89 bits per heavy atom. The minimum atomic E-state index is 0.247. The fourth-order valence-electron chi connectivity index (χ4n) is 3.28. The van der Waals surface area contributed by atoms with E-state index < -0.39 is 0 Å². The van der Waals surface area contributed by atoms with Gasteiger partial charge in [0.25, 0.3) is 0 Å². The van der Waals surface area contributed by atoms with Gasteiger partial charge in [0.05, 0.1) is 0 Å². The Morgan fingerprint density at radius 3 is 2.44 bits per heavy atom. The molecule has 1 aromatic rings. The lowest BCUT2D eigenvalue weighted by Gasteiger charge is -2.20. The first-order valence-electron chi connectivity index (χ1n) is 7.59. The van der Waals surface area contributed by atoms with E-state index in [1.807, 2.05) is 0 Å². The molecule has 3 atom stereocenters. The molecule has 0 amide bonds. The topological polar surface area (TPSA) is 26.0 Å². The van der Waals surface area contributed by atoms with Gasteiger partial charge in [-0.1, -0.05) is 57.4 Å². The van der Waals surface area contributed by atoms with E-state index in [4.69, 9.17) is 5.73 Å². The maximum Gasteiger partial charge on any atom is 0.0323 e. The molecule has 1 aliphatic rings. The fraction of sp³-hybridized carbons (Fsp3) is 0.647. The Balaban J connectivity index is 1.98. The molecular weight excluding hydrogens is 218 g/mol. The number of nitrogens with two attached hydrogens (primary N) is 1. The van der Waals surface area contributed by atoms with Crippen molar-refractivity contribution < 1.29 is 0 Å². The molecule has 2 N–H and O–H groups in total. The van der Waals surface area contributed by atoms with Gasteiger partial charge in [-0.05, 0) is 42.2 Å². The van der Waals surface area contributed by atoms with Gasteiger partial charge >= 0.3 is 0 Å². The quantitative estimate of drug-likeness (QED) is 0.814. The summed E-state index contributed by atoms with van der Waals surface area (Å²) in [6.45, 7) is 4.53. The summed E-state index contributed by atoms with van der Waals surface area (Å²) in [6, 6.07) is 9.25. The zero-order valence-electron chi connectivity index (χ0n) is 11.9. The lowest BCUT2D eigenvalue weighted by atomic mass is 9.90. The molecule has 3 unspecified atom stereocenters. The normalized spacial score (nSPS) is 25.3. The van der Waals surface area contributed by atoms with Gasteiger partial charge in [-0.2, -0.15) is 0 Å². The summed E-state index contributed by atoms with van der Waals surface area (Å²) >= 11 is 0. The lowest BCUT2D eigenvalue weighted by molar-refractivity contribution is 0.416. The summed E-state index contributed by atoms with van der Waals surface area (Å²) in [5.74, 6) is 1.62. The number of hydrogen-bond acceptors (Lipinski definition) is 1. The third kappa shape index (κ3) is 3.14. The number of hydrogen-bond donors (Lipinski definition) is 1. The summed E-state index contributed by atoms with van der Waals surface area (Å²) in [7, 11) is 0. The Hall–Kier alpha value is -0.820. The van der Waals surface area contributed by atoms with Crippen LogP contribution in [0.4, 0.5) is 0 Å². The Labute approximate surface area is 112 Å². The van der Waals surface area contributed by atoms with Crippen molar-refractivity contribution in [1.29, 1.82) is 0 Å². The van der Waals surface area contributed by atoms with Crippen LogP contribution in [0.25, 0.3) is 0 Å². The predicted molar refractivity (Wildman–Crippen MR) is 78.5 cm³/mol. The molecule has 1 aromatic carbocycles. The Bertz CT molecular complexity index is 354. The minimum absolute atomic E-state index is 0.247. The van der Waals surface area contributed by atoms with E-state index >= 15 is 0 Å². The van der Waals surface area contributed by atoms with E-state index in [-0.39, 0.29) is 6.04 Å². The Morgan fingerprint density at radius 1 is 1.17 bits per heavy atom. The van der Waals surface area contributed by atoms with Gasteiger partial charge in [0.2, 0.25) is 0 Å². The van der Waals surface area contributed by atoms with E-state index in [9.17, 15) is 0 Å². The van der Waals surface area contributed by atoms with E-state index in [0.29, 0.717) is 5.92 Å². The predicted octanol–water partition coefficient (Wildman–Crippen LogP) is 4.47. The summed E-state index contributed by atoms with van der Waals surface area (Å²) in [5, 5.41) is 0. The molecule has 0 aromatic heterocycles. The van der Waals surface area contributed by atoms with Crippen LogP contribution < -0.4 is 5.73 Å². The van der Waals surface area contributed by atoms with Crippen molar-refractivity contribution in [3.05, 3.63) is 35.4 Å². The van der Waals surface area contributed by atoms with Crippen molar-refractivity contribution in [1.82, 2.24) is 0 Å². The third-order valence-corrected chi connectivity index (χ3v) is 4.57. The van der Waals surface area contributed by atoms with Gasteiger partial charge in [0.1, 0.15) is 0 Å². The summed E-state index contributed by atoms with van der Waals surface area (Å²) < 4.78 is 0. The van der Waals surface area contributed by atoms with Crippen LogP contribution >= 0.6 is 0 Å². The SMILES string of the molecule is CCCc1ccc(C(N)C2CCC(CC)C2)cc1. The van der Waals surface area contributed by atoms with Crippen LogP contribution in [0.2, 0.25) is 0 Å². The van der Waals surface area contributed by atoms with Crippen molar-refractivity contribution in [3.8, 4) is 0 Å². The van der Waals surface area contributed by atoms with Gasteiger partial charge < -0.3 is 5.73 Å². The van der Waals surface area contributed by atoms with E-state index in [1.54, 1.807) is 0 Å². The highest BCUT2D eigenvalue weighted by molar-refractivity contribution is 5.25. The first-order chi connectivity index (χ1) is 8.74. The van der Waals surface area contributed by atoms with Crippen LogP contribution in [0.5, 0.6) is 0 Å². The highest BCUT2D eigenvalue weighted by Crippen LogP contribution is 2.39. The molecule has 100 valence electrons. The third-order valence-electron chi connectivity index (χ3n) is 4.57. The first kappa shape index (κ1) is 13.6. The fourth-order valence-corrected chi connectivity index (χ4v) is 3.28. The molecule has 0 heterocycles. The average Bonchev–Trinajstić information content (AvgIpc) is 2.88. The summed E-state index contributed by atoms with van der Waals surface area (Å²) in [6.07, 6.45) is 7.73. The monoisotopic (exact) mass is 245 g/mol. The number of benzene rings is 1. The van der Waals surface area contributed by atoms with Gasteiger partial charge in [0.15, 0.2) is 0 Å². The standard InChI is InChI=1S/C17H27N/c1-3-5-14-7-9-15(10-8-14)17(18)16-11-6-13(4-2)12-16/h7-10,13,16-17H,3-6,11-12,18H2,1-2H3. The Kier molecular flexibility index (Phi) is 4.82. The second-order valence-corrected chi connectivity index (χ2v) is 5.86. The van der Waals surface area contributed by atoms with Crippen molar-refractivity contribution >= 4 is 0 Å². The maximum absolute atomic E-state index is 6.44. The van der Waals surface area contributed by atoms with Crippen molar-refractivity contribution in [3.63, 3.8) is 0 Å². The molecule has 1 nitrogen and oxygen atoms in total. The molecule has 1 heteroatoms. The molecule has 1 fully saturated rings. The zero-order valence-corrected chi connectivity index (χ0v) is 11.9. The van der Waals surface area contributed by atoms with Crippen LogP contribution in [0.15, 0.2) is 24.3 Å². The molecule has 0 spiro atoms. The van der Waals surface area contributed by atoms with Gasteiger partial charge in [-0.15, -0.1) is 0 Å². The molecule has 0 saturated heterocycles. The number of aryl methyl sites for hydroxylation is 1. The highest BCUT2D eigenvalue weighted by atomic mass is 14.7. The molecule has 18 heavy (non-hydrogen) atoms. The molecule has 0 radical (unpaired) electrons. The van der Waals surface area contributed by atoms with Crippen molar-refractivity contribution in [2.45, 2.75) is 58.4 Å². The molecular formula is C17H27N.